The van der Waals surface area contributed by atoms with Crippen LogP contribution in [0.2, 0.25) is 0 Å². The molecule has 0 amide bonds. The maximum Gasteiger partial charge on any atom is 0.161 e. The van der Waals surface area contributed by atoms with Gasteiger partial charge in [-0.2, -0.15) is 0 Å². The van der Waals surface area contributed by atoms with Gasteiger partial charge >= 0.3 is 0 Å². The second kappa shape index (κ2) is 24.1. The summed E-state index contributed by atoms with van der Waals surface area (Å²) in [5, 5.41) is 0. The molecule has 0 aliphatic heterocycles. The molecule has 0 N–H and O–H groups in total. The Labute approximate surface area is 317 Å². The van der Waals surface area contributed by atoms with E-state index in [9.17, 15) is 22.0 Å². The Hall–Kier alpha value is -4.25. The second-order valence-corrected chi connectivity index (χ2v) is 14.6. The number of halogens is 5. The summed E-state index contributed by atoms with van der Waals surface area (Å²) in [5.41, 5.74) is 8.40. The van der Waals surface area contributed by atoms with Crippen molar-refractivity contribution in [3.8, 4) is 0 Å². The smallest absolute Gasteiger partial charge is 0.161 e. The number of rotatable bonds is 0. The molecular weight excluding hydrogens is 672 g/mol. The zero-order valence-electron chi connectivity index (χ0n) is 34.0. The topological polar surface area (TPSA) is 0 Å². The van der Waals surface area contributed by atoms with Gasteiger partial charge in [0, 0.05) is 0 Å². The summed E-state index contributed by atoms with van der Waals surface area (Å²) in [4.78, 5) is 0. The number of hydrogen-bond donors (Lipinski definition) is 0. The van der Waals surface area contributed by atoms with E-state index < -0.39 is 11.6 Å². The van der Waals surface area contributed by atoms with Crippen molar-refractivity contribution in [1.82, 2.24) is 0 Å². The van der Waals surface area contributed by atoms with Crippen LogP contribution in [0.25, 0.3) is 0 Å². The van der Waals surface area contributed by atoms with Crippen LogP contribution >= 0.6 is 0 Å². The van der Waals surface area contributed by atoms with Gasteiger partial charge in [0.05, 0.1) is 0 Å². The molecule has 5 heteroatoms. The van der Waals surface area contributed by atoms with Crippen molar-refractivity contribution in [2.75, 3.05) is 0 Å². The quantitative estimate of drug-likeness (QED) is 0.139. The Morgan fingerprint density at radius 1 is 0.321 bits per heavy atom. The van der Waals surface area contributed by atoms with E-state index in [1.165, 1.54) is 68.9 Å². The van der Waals surface area contributed by atoms with Gasteiger partial charge in [0.2, 0.25) is 0 Å². The predicted molar refractivity (Wildman–Crippen MR) is 216 cm³/mol. The van der Waals surface area contributed by atoms with E-state index in [2.05, 4.69) is 52.0 Å². The molecule has 0 unspecified atom stereocenters. The molecule has 0 saturated heterocycles. The summed E-state index contributed by atoms with van der Waals surface area (Å²) in [6, 6.07) is 27.3. The first-order chi connectivity index (χ1) is 24.8. The van der Waals surface area contributed by atoms with Gasteiger partial charge in [0.1, 0.15) is 17.5 Å². The molecule has 0 bridgehead atoms. The lowest BCUT2D eigenvalue weighted by Gasteiger charge is -2.22. The van der Waals surface area contributed by atoms with Gasteiger partial charge in [-0.1, -0.05) is 123 Å². The summed E-state index contributed by atoms with van der Waals surface area (Å²) in [7, 11) is 0. The number of aryl methyl sites for hydroxylation is 10. The number of benzene rings is 5. The van der Waals surface area contributed by atoms with Gasteiger partial charge in [-0.25, -0.2) is 22.0 Å². The Balaban J connectivity index is 0.000000318. The lowest BCUT2D eigenvalue weighted by atomic mass is 9.84. The number of hydrogen-bond acceptors (Lipinski definition) is 0. The van der Waals surface area contributed by atoms with E-state index >= 15 is 0 Å². The summed E-state index contributed by atoms with van der Waals surface area (Å²) in [6.07, 6.45) is 5.89. The standard InChI is InChI=1S/C8H8F2.3C8H9F.C8H16.C8H10/c1-5-3-4-6(2)8(10)7(5)9;3*1-6-3-4-7(2)8(9)5-6;2*1-7-3-5-8(2)6-4-7/h3-4H,1-2H3;3*3-5H,1-2H3;7-8H,3-6H2,1-2H3;3-6H,1-2H3. The van der Waals surface area contributed by atoms with Gasteiger partial charge in [0.15, 0.2) is 11.6 Å². The first-order valence-electron chi connectivity index (χ1n) is 18.4. The van der Waals surface area contributed by atoms with Crippen LogP contribution in [0.3, 0.4) is 0 Å². The molecule has 5 aromatic carbocycles. The van der Waals surface area contributed by atoms with Gasteiger partial charge in [-0.05, 0) is 144 Å². The molecule has 0 atom stereocenters. The van der Waals surface area contributed by atoms with Crippen LogP contribution in [-0.4, -0.2) is 0 Å². The highest BCUT2D eigenvalue weighted by Gasteiger charge is 2.13. The minimum atomic E-state index is -0.736. The van der Waals surface area contributed by atoms with Gasteiger partial charge in [-0.3, -0.25) is 0 Å². The van der Waals surface area contributed by atoms with E-state index in [-0.39, 0.29) is 17.5 Å². The van der Waals surface area contributed by atoms with Crippen molar-refractivity contribution < 1.29 is 22.0 Å². The highest BCUT2D eigenvalue weighted by atomic mass is 19.2. The average Bonchev–Trinajstić information content (AvgIpc) is 3.11. The Morgan fingerprint density at radius 2 is 0.528 bits per heavy atom. The molecule has 0 nitrogen and oxygen atoms in total. The molecule has 0 aromatic heterocycles. The monoisotopic (exact) mass is 732 g/mol. The fourth-order valence-corrected chi connectivity index (χ4v) is 4.90. The van der Waals surface area contributed by atoms with E-state index in [1.807, 2.05) is 39.0 Å². The summed E-state index contributed by atoms with van der Waals surface area (Å²) < 4.78 is 63.0. The van der Waals surface area contributed by atoms with Crippen LogP contribution in [0.1, 0.15) is 95.2 Å². The largest absolute Gasteiger partial charge is 0.207 e. The highest BCUT2D eigenvalue weighted by molar-refractivity contribution is 5.25. The van der Waals surface area contributed by atoms with E-state index in [0.717, 1.165) is 28.5 Å². The molecule has 1 fully saturated rings. The van der Waals surface area contributed by atoms with Crippen molar-refractivity contribution in [3.05, 3.63) is 176 Å². The Kier molecular flexibility index (Phi) is 21.3. The van der Waals surface area contributed by atoms with Crippen molar-refractivity contribution in [2.45, 2.75) is 109 Å². The molecule has 53 heavy (non-hydrogen) atoms. The molecule has 0 heterocycles. The van der Waals surface area contributed by atoms with Crippen LogP contribution in [-0.2, 0) is 0 Å². The van der Waals surface area contributed by atoms with Crippen molar-refractivity contribution >= 4 is 0 Å². The summed E-state index contributed by atoms with van der Waals surface area (Å²) >= 11 is 0. The van der Waals surface area contributed by atoms with E-state index in [4.69, 9.17) is 0 Å². The third-order valence-corrected chi connectivity index (χ3v) is 8.97. The normalized spacial score (nSPS) is 14.2. The minimum Gasteiger partial charge on any atom is -0.207 e. The maximum absolute atomic E-state index is 12.6. The molecule has 6 rings (SSSR count). The fraction of sp³-hybridized carbons (Fsp3) is 0.375. The SMILES string of the molecule is CC1CCC(C)CC1.Cc1ccc(C)c(F)c1.Cc1ccc(C)c(F)c1.Cc1ccc(C)c(F)c1.Cc1ccc(C)c(F)c1F.Cc1ccc(C)cc1. The van der Waals surface area contributed by atoms with Crippen LogP contribution in [0.15, 0.2) is 91.0 Å². The van der Waals surface area contributed by atoms with Crippen molar-refractivity contribution in [2.24, 2.45) is 11.8 Å². The first-order valence-corrected chi connectivity index (χ1v) is 18.4. The maximum atomic E-state index is 12.6. The highest BCUT2D eigenvalue weighted by Crippen LogP contribution is 2.27. The van der Waals surface area contributed by atoms with Gasteiger partial charge < -0.3 is 0 Å². The molecule has 0 radical (unpaired) electrons. The van der Waals surface area contributed by atoms with Crippen molar-refractivity contribution in [3.63, 3.8) is 0 Å². The van der Waals surface area contributed by atoms with Crippen LogP contribution in [0.5, 0.6) is 0 Å². The zero-order chi connectivity index (χ0) is 40.2. The van der Waals surface area contributed by atoms with Gasteiger partial charge in [0.25, 0.3) is 0 Å². The van der Waals surface area contributed by atoms with Crippen molar-refractivity contribution in [1.29, 1.82) is 0 Å². The lowest BCUT2D eigenvalue weighted by Crippen LogP contribution is -2.08. The molecule has 5 aromatic rings. The zero-order valence-corrected chi connectivity index (χ0v) is 34.0. The molecular formula is C48H61F5. The average molecular weight is 733 g/mol. The minimum absolute atomic E-state index is 0.116. The molecule has 1 aliphatic carbocycles. The molecule has 1 aliphatic rings. The van der Waals surface area contributed by atoms with Crippen LogP contribution in [0.4, 0.5) is 22.0 Å². The summed E-state index contributed by atoms with van der Waals surface area (Å²) in [6.45, 7) is 22.9. The van der Waals surface area contributed by atoms with Crippen LogP contribution < -0.4 is 0 Å². The Bertz CT molecular complexity index is 1620. The third kappa shape index (κ3) is 19.4. The molecule has 0 spiro atoms. The lowest BCUT2D eigenvalue weighted by molar-refractivity contribution is 0.308. The van der Waals surface area contributed by atoms with E-state index in [1.54, 1.807) is 51.1 Å². The predicted octanol–water partition coefficient (Wildman–Crippen LogP) is 15.0. The first kappa shape index (κ1) is 46.8. The van der Waals surface area contributed by atoms with E-state index in [0.29, 0.717) is 27.8 Å². The van der Waals surface area contributed by atoms with Crippen LogP contribution in [0, 0.1) is 110 Å². The molecule has 1 saturated carbocycles. The molecule has 288 valence electrons. The fourth-order valence-electron chi connectivity index (χ4n) is 4.90. The summed E-state index contributed by atoms with van der Waals surface area (Å²) in [5.74, 6) is 0.220. The second-order valence-electron chi connectivity index (χ2n) is 14.6. The third-order valence-electron chi connectivity index (χ3n) is 8.97. The van der Waals surface area contributed by atoms with Gasteiger partial charge in [-0.15, -0.1) is 0 Å². The Morgan fingerprint density at radius 3 is 0.736 bits per heavy atom.